The van der Waals surface area contributed by atoms with E-state index in [0.29, 0.717) is 0 Å². The number of aromatic nitrogens is 3. The topological polar surface area (TPSA) is 112 Å². The molecule has 1 aromatic rings. The summed E-state index contributed by atoms with van der Waals surface area (Å²) in [5.74, 6) is -0.670. The van der Waals surface area contributed by atoms with E-state index in [1.165, 1.54) is 10.9 Å². The molecule has 3 N–H and O–H groups in total. The van der Waals surface area contributed by atoms with Crippen molar-refractivity contribution in [3.8, 4) is 0 Å². The third-order valence-electron chi connectivity index (χ3n) is 1.88. The van der Waals surface area contributed by atoms with Gasteiger partial charge in [0.1, 0.15) is 11.6 Å². The zero-order chi connectivity index (χ0) is 13.8. The lowest BCUT2D eigenvalue weighted by Crippen LogP contribution is -2.48. The van der Waals surface area contributed by atoms with Crippen LogP contribution in [0.1, 0.15) is 20.8 Å². The number of nitrogens with one attached hydrogen (secondary N) is 1. The molecular weight excluding hydrogens is 238 g/mol. The minimum absolute atomic E-state index is 0.106. The second-order valence-corrected chi connectivity index (χ2v) is 4.73. The molecule has 0 saturated carbocycles. The maximum Gasteiger partial charge on any atom is 0.408 e. The smallest absolute Gasteiger partial charge is 0.408 e. The van der Waals surface area contributed by atoms with Crippen LogP contribution in [0.15, 0.2) is 12.4 Å². The van der Waals surface area contributed by atoms with E-state index in [9.17, 15) is 9.59 Å². The summed E-state index contributed by atoms with van der Waals surface area (Å²) in [7, 11) is 0. The van der Waals surface area contributed by atoms with Crippen molar-refractivity contribution in [1.82, 2.24) is 20.3 Å². The summed E-state index contributed by atoms with van der Waals surface area (Å²) in [6.07, 6.45) is 2.32. The Morgan fingerprint density at radius 3 is 2.61 bits per heavy atom. The molecule has 0 aromatic carbocycles. The van der Waals surface area contributed by atoms with E-state index < -0.39 is 23.6 Å². The van der Waals surface area contributed by atoms with Crippen molar-refractivity contribution >= 4 is 12.0 Å². The molecule has 0 aliphatic carbocycles. The fraction of sp³-hybridized carbons (Fsp3) is 0.600. The number of ether oxygens (including phenoxy) is 1. The van der Waals surface area contributed by atoms with Crippen LogP contribution < -0.4 is 11.1 Å². The number of nitrogens with zero attached hydrogens (tertiary/aromatic N) is 3. The first-order valence-electron chi connectivity index (χ1n) is 5.41. The van der Waals surface area contributed by atoms with Gasteiger partial charge < -0.3 is 15.8 Å². The molecule has 0 bridgehead atoms. The summed E-state index contributed by atoms with van der Waals surface area (Å²) in [6.45, 7) is 5.28. The predicted molar refractivity (Wildman–Crippen MR) is 62.4 cm³/mol. The van der Waals surface area contributed by atoms with Crippen LogP contribution in [-0.2, 0) is 16.1 Å². The van der Waals surface area contributed by atoms with Crippen LogP contribution in [0.4, 0.5) is 4.79 Å². The molecule has 0 saturated heterocycles. The average Bonchev–Trinajstić information content (AvgIpc) is 2.66. The molecule has 0 aliphatic heterocycles. The van der Waals surface area contributed by atoms with Crippen molar-refractivity contribution in [3.63, 3.8) is 0 Å². The fourth-order valence-corrected chi connectivity index (χ4v) is 1.17. The van der Waals surface area contributed by atoms with Gasteiger partial charge in [0.25, 0.3) is 0 Å². The number of alkyl carbamates (subject to hydrolysis) is 1. The molecule has 1 heterocycles. The first-order chi connectivity index (χ1) is 8.28. The number of carbonyl (C=O) groups is 2. The SMILES string of the molecule is CC(C)(C)OC(=O)N[C@@H](Cn1ccnn1)C(N)=O. The van der Waals surface area contributed by atoms with Crippen LogP contribution in [0.5, 0.6) is 0 Å². The molecule has 1 aromatic heterocycles. The zero-order valence-corrected chi connectivity index (χ0v) is 10.6. The van der Waals surface area contributed by atoms with Gasteiger partial charge in [0, 0.05) is 6.20 Å². The summed E-state index contributed by atoms with van der Waals surface area (Å²) in [5, 5.41) is 9.66. The van der Waals surface area contributed by atoms with Crippen LogP contribution in [0.2, 0.25) is 0 Å². The van der Waals surface area contributed by atoms with Gasteiger partial charge in [-0.05, 0) is 20.8 Å². The van der Waals surface area contributed by atoms with Gasteiger partial charge in [-0.1, -0.05) is 5.21 Å². The molecule has 0 fully saturated rings. The number of hydrogen-bond donors (Lipinski definition) is 2. The summed E-state index contributed by atoms with van der Waals surface area (Å²) in [5.41, 5.74) is 4.56. The summed E-state index contributed by atoms with van der Waals surface area (Å²) < 4.78 is 6.43. The van der Waals surface area contributed by atoms with Crippen LogP contribution in [0.3, 0.4) is 0 Å². The lowest BCUT2D eigenvalue weighted by atomic mass is 10.2. The van der Waals surface area contributed by atoms with Crippen molar-refractivity contribution in [2.75, 3.05) is 0 Å². The van der Waals surface area contributed by atoms with Crippen molar-refractivity contribution in [1.29, 1.82) is 0 Å². The maximum atomic E-state index is 11.5. The molecule has 0 radical (unpaired) electrons. The number of hydrogen-bond acceptors (Lipinski definition) is 5. The Kier molecular flexibility index (Phi) is 4.24. The lowest BCUT2D eigenvalue weighted by molar-refractivity contribution is -0.120. The summed E-state index contributed by atoms with van der Waals surface area (Å²) in [6, 6.07) is -0.901. The molecule has 1 atom stereocenters. The Balaban J connectivity index is 2.58. The highest BCUT2D eigenvalue weighted by Crippen LogP contribution is 2.06. The van der Waals surface area contributed by atoms with Crippen LogP contribution >= 0.6 is 0 Å². The van der Waals surface area contributed by atoms with Crippen LogP contribution in [-0.4, -0.2) is 38.6 Å². The lowest BCUT2D eigenvalue weighted by Gasteiger charge is -2.22. The summed E-state index contributed by atoms with van der Waals surface area (Å²) in [4.78, 5) is 22.7. The number of nitrogens with two attached hydrogens (primary N) is 1. The number of carbonyl (C=O) groups excluding carboxylic acids is 2. The third kappa shape index (κ3) is 4.81. The van der Waals surface area contributed by atoms with Crippen molar-refractivity contribution in [2.45, 2.75) is 39.0 Å². The summed E-state index contributed by atoms with van der Waals surface area (Å²) >= 11 is 0. The zero-order valence-electron chi connectivity index (χ0n) is 10.6. The fourth-order valence-electron chi connectivity index (χ4n) is 1.17. The molecule has 0 spiro atoms. The number of primary amides is 1. The van der Waals surface area contributed by atoms with Gasteiger partial charge in [-0.3, -0.25) is 4.79 Å². The molecule has 0 unspecified atom stereocenters. The van der Waals surface area contributed by atoms with Gasteiger partial charge in [-0.15, -0.1) is 5.10 Å². The minimum Gasteiger partial charge on any atom is -0.444 e. The van der Waals surface area contributed by atoms with E-state index in [0.717, 1.165) is 0 Å². The molecule has 0 aliphatic rings. The quantitative estimate of drug-likeness (QED) is 0.764. The molecule has 1 rings (SSSR count). The predicted octanol–water partition coefficient (Wildman–Crippen LogP) is -0.343. The first kappa shape index (κ1) is 13.9. The Morgan fingerprint density at radius 1 is 1.50 bits per heavy atom. The van der Waals surface area contributed by atoms with Crippen molar-refractivity contribution in [3.05, 3.63) is 12.4 Å². The Hall–Kier alpha value is -2.12. The molecule has 100 valence electrons. The van der Waals surface area contributed by atoms with E-state index in [-0.39, 0.29) is 6.54 Å². The number of amides is 2. The monoisotopic (exact) mass is 255 g/mol. The Morgan fingerprint density at radius 2 is 2.17 bits per heavy atom. The van der Waals surface area contributed by atoms with Crippen LogP contribution in [0.25, 0.3) is 0 Å². The highest BCUT2D eigenvalue weighted by molar-refractivity contribution is 5.84. The number of rotatable bonds is 4. The van der Waals surface area contributed by atoms with E-state index in [1.807, 2.05) is 0 Å². The Bertz CT molecular complexity index is 410. The van der Waals surface area contributed by atoms with E-state index >= 15 is 0 Å². The van der Waals surface area contributed by atoms with Gasteiger partial charge in [0.15, 0.2) is 0 Å². The largest absolute Gasteiger partial charge is 0.444 e. The van der Waals surface area contributed by atoms with E-state index in [1.54, 1.807) is 27.0 Å². The van der Waals surface area contributed by atoms with Crippen molar-refractivity contribution < 1.29 is 14.3 Å². The molecule has 8 nitrogen and oxygen atoms in total. The second kappa shape index (κ2) is 5.48. The molecular formula is C10H17N5O3. The second-order valence-electron chi connectivity index (χ2n) is 4.73. The van der Waals surface area contributed by atoms with Crippen LogP contribution in [0, 0.1) is 0 Å². The van der Waals surface area contributed by atoms with Gasteiger partial charge in [-0.25, -0.2) is 9.48 Å². The van der Waals surface area contributed by atoms with E-state index in [4.69, 9.17) is 10.5 Å². The molecule has 18 heavy (non-hydrogen) atoms. The minimum atomic E-state index is -0.901. The van der Waals surface area contributed by atoms with Gasteiger partial charge in [-0.2, -0.15) is 0 Å². The first-order valence-corrected chi connectivity index (χ1v) is 5.41. The average molecular weight is 255 g/mol. The Labute approximate surface area is 104 Å². The van der Waals surface area contributed by atoms with Gasteiger partial charge in [0.05, 0.1) is 12.7 Å². The normalized spacial score (nSPS) is 12.8. The van der Waals surface area contributed by atoms with Gasteiger partial charge in [0.2, 0.25) is 5.91 Å². The van der Waals surface area contributed by atoms with Crippen molar-refractivity contribution in [2.24, 2.45) is 5.73 Å². The maximum absolute atomic E-state index is 11.5. The third-order valence-corrected chi connectivity index (χ3v) is 1.88. The molecule has 8 heteroatoms. The molecule has 2 amide bonds. The standard InChI is InChI=1S/C10H17N5O3/c1-10(2,3)18-9(17)13-7(8(11)16)6-15-5-4-12-14-15/h4-5,7H,6H2,1-3H3,(H2,11,16)(H,13,17)/t7-/m0/s1. The van der Waals surface area contributed by atoms with E-state index in [2.05, 4.69) is 15.6 Å². The highest BCUT2D eigenvalue weighted by Gasteiger charge is 2.23. The van der Waals surface area contributed by atoms with Gasteiger partial charge >= 0.3 is 6.09 Å². The highest BCUT2D eigenvalue weighted by atomic mass is 16.6.